The third-order valence-electron chi connectivity index (χ3n) is 8.09. The quantitative estimate of drug-likeness (QED) is 0.0396. The first-order chi connectivity index (χ1) is 20.1. The van der Waals surface area contributed by atoms with Gasteiger partial charge in [-0.3, -0.25) is 9.59 Å². The summed E-state index contributed by atoms with van der Waals surface area (Å²) in [7, 11) is -4.83. The van der Waals surface area contributed by atoms with Crippen LogP contribution in [-0.4, -0.2) is 47.4 Å². The first-order valence-corrected chi connectivity index (χ1v) is 18.0. The van der Waals surface area contributed by atoms with Crippen molar-refractivity contribution in [2.45, 2.75) is 154 Å². The molecule has 0 aromatic carbocycles. The first kappa shape index (κ1) is 47.0. The van der Waals surface area contributed by atoms with E-state index < -0.39 is 20.0 Å². The minimum atomic E-state index is -4.83. The predicted octanol–water partition coefficient (Wildman–Crippen LogP) is -0.312. The second-order valence-corrected chi connectivity index (χ2v) is 13.0. The monoisotopic (exact) mass is 662 g/mol. The molecule has 2 N–H and O–H groups in total. The summed E-state index contributed by atoms with van der Waals surface area (Å²) in [5.74, 6) is -0.437. The van der Waals surface area contributed by atoms with Gasteiger partial charge >= 0.3 is 65.1 Å². The molecule has 12 heteroatoms. The molecule has 0 bridgehead atoms. The van der Waals surface area contributed by atoms with Gasteiger partial charge in [0.15, 0.2) is 0 Å². The van der Waals surface area contributed by atoms with Gasteiger partial charge in [0.25, 0.3) is 0 Å². The minimum Gasteiger partial charge on any atom is -0.790 e. The molecule has 0 amide bonds. The second-order valence-electron chi connectivity index (χ2n) is 11.9. The van der Waals surface area contributed by atoms with Gasteiger partial charge in [-0.05, 0) is 32.1 Å². The van der Waals surface area contributed by atoms with E-state index in [1.165, 1.54) is 0 Å². The van der Waals surface area contributed by atoms with Crippen LogP contribution in [0.2, 0.25) is 0 Å². The number of unbranched alkanes of at least 4 members (excludes halogenated alkanes) is 14. The van der Waals surface area contributed by atoms with Crippen LogP contribution in [0.3, 0.4) is 0 Å². The molecular weight excluding hydrogens is 605 g/mol. The summed E-state index contributed by atoms with van der Waals surface area (Å²) in [6.45, 7) is 2.57. The Morgan fingerprint density at radius 1 is 0.886 bits per heavy atom. The molecule has 1 saturated carbocycles. The fourth-order valence-electron chi connectivity index (χ4n) is 5.59. The predicted molar refractivity (Wildman–Crippen MR) is 160 cm³/mol. The van der Waals surface area contributed by atoms with E-state index in [1.807, 2.05) is 6.08 Å². The van der Waals surface area contributed by atoms with Crippen LogP contribution >= 0.6 is 7.82 Å². The molecule has 0 aliphatic heterocycles. The number of hydrogen-bond acceptors (Lipinski definition) is 9. The summed E-state index contributed by atoms with van der Waals surface area (Å²) < 4.78 is 19.9. The van der Waals surface area contributed by atoms with Gasteiger partial charge in [-0.1, -0.05) is 109 Å². The minimum absolute atomic E-state index is 0. The van der Waals surface area contributed by atoms with E-state index in [4.69, 9.17) is 4.74 Å². The summed E-state index contributed by atoms with van der Waals surface area (Å²) in [5.41, 5.74) is 0. The van der Waals surface area contributed by atoms with E-state index in [2.05, 4.69) is 11.4 Å². The molecule has 0 heterocycles. The molecule has 44 heavy (non-hydrogen) atoms. The van der Waals surface area contributed by atoms with Crippen molar-refractivity contribution in [2.75, 3.05) is 13.2 Å². The summed E-state index contributed by atoms with van der Waals surface area (Å²) in [6.07, 6.45) is 21.2. The average Bonchev–Trinajstić information content (AvgIpc) is 3.20. The summed E-state index contributed by atoms with van der Waals surface area (Å²) in [4.78, 5) is 45.1. The Bertz CT molecular complexity index is 794. The molecule has 1 aliphatic carbocycles. The number of phosphoric ester groups is 1. The van der Waals surface area contributed by atoms with Gasteiger partial charge < -0.3 is 33.8 Å². The molecule has 0 spiro atoms. The van der Waals surface area contributed by atoms with E-state index in [-0.39, 0.29) is 95.7 Å². The van der Waals surface area contributed by atoms with Crippen LogP contribution in [0.1, 0.15) is 142 Å². The zero-order valence-corrected chi connectivity index (χ0v) is 32.8. The normalized spacial score (nSPS) is 19.1. The Labute approximate surface area is 310 Å². The summed E-state index contributed by atoms with van der Waals surface area (Å²) in [5, 5.41) is 20.5. The van der Waals surface area contributed by atoms with Crippen LogP contribution in [0.25, 0.3) is 0 Å². The van der Waals surface area contributed by atoms with Crippen LogP contribution in [0.5, 0.6) is 0 Å². The molecule has 0 aromatic heterocycles. The number of aliphatic hydroxyl groups is 2. The van der Waals surface area contributed by atoms with Crippen molar-refractivity contribution >= 4 is 19.6 Å². The number of esters is 1. The molecular formula is C32H57Na2O9P. The molecule has 1 fully saturated rings. The molecule has 0 aromatic rings. The molecule has 0 radical (unpaired) electrons. The van der Waals surface area contributed by atoms with Crippen molar-refractivity contribution in [1.82, 2.24) is 0 Å². The number of phosphoric acid groups is 1. The second kappa shape index (κ2) is 30.0. The van der Waals surface area contributed by atoms with E-state index in [0.29, 0.717) is 25.9 Å². The van der Waals surface area contributed by atoms with Gasteiger partial charge in [0.2, 0.25) is 0 Å². The molecule has 0 unspecified atom stereocenters. The van der Waals surface area contributed by atoms with Crippen LogP contribution in [0.15, 0.2) is 12.2 Å². The fraction of sp³-hybridized carbons (Fsp3) is 0.875. The molecule has 0 saturated heterocycles. The first-order valence-electron chi connectivity index (χ1n) is 16.5. The van der Waals surface area contributed by atoms with Crippen molar-refractivity contribution < 1.29 is 103 Å². The van der Waals surface area contributed by atoms with Crippen LogP contribution in [-0.2, 0) is 23.4 Å². The van der Waals surface area contributed by atoms with E-state index in [9.17, 15) is 34.2 Å². The van der Waals surface area contributed by atoms with E-state index in [1.54, 1.807) is 6.08 Å². The third kappa shape index (κ3) is 25.9. The Morgan fingerprint density at radius 2 is 1.43 bits per heavy atom. The zero-order chi connectivity index (χ0) is 31.1. The smallest absolute Gasteiger partial charge is 0.790 e. The Kier molecular flexibility index (Phi) is 32.1. The van der Waals surface area contributed by atoms with Gasteiger partial charge in [0.05, 0.1) is 33.2 Å². The van der Waals surface area contributed by atoms with Crippen LogP contribution < -0.4 is 68.9 Å². The third-order valence-corrected chi connectivity index (χ3v) is 8.59. The van der Waals surface area contributed by atoms with E-state index in [0.717, 1.165) is 109 Å². The number of carbonyl (C=O) groups excluding carboxylic acids is 2. The summed E-state index contributed by atoms with van der Waals surface area (Å²) in [6, 6.07) is 0. The van der Waals surface area contributed by atoms with Gasteiger partial charge in [-0.2, -0.15) is 0 Å². The molecule has 246 valence electrons. The van der Waals surface area contributed by atoms with Crippen molar-refractivity contribution in [3.8, 4) is 0 Å². The maximum Gasteiger partial charge on any atom is 1.00 e. The Balaban J connectivity index is 0. The van der Waals surface area contributed by atoms with Gasteiger partial charge in [0.1, 0.15) is 5.78 Å². The molecule has 4 atom stereocenters. The number of Topliss-reactive ketones (excluding diaryl/α,β-unsaturated/α-hetero) is 1. The fourth-order valence-corrected chi connectivity index (χ4v) is 5.94. The van der Waals surface area contributed by atoms with Crippen LogP contribution in [0.4, 0.5) is 0 Å². The van der Waals surface area contributed by atoms with Crippen molar-refractivity contribution in [2.24, 2.45) is 11.8 Å². The summed E-state index contributed by atoms with van der Waals surface area (Å²) >= 11 is 0. The number of aliphatic hydroxyl groups excluding tert-OH is 2. The van der Waals surface area contributed by atoms with E-state index >= 15 is 0 Å². The van der Waals surface area contributed by atoms with Gasteiger partial charge in [0, 0.05) is 24.7 Å². The van der Waals surface area contributed by atoms with Crippen LogP contribution in [0, 0.1) is 11.8 Å². The average molecular weight is 663 g/mol. The number of ether oxygens (including phenoxy) is 1. The molecule has 1 rings (SSSR count). The number of rotatable bonds is 27. The number of carbonyl (C=O) groups is 2. The topological polar surface area (TPSA) is 156 Å². The van der Waals surface area contributed by atoms with Crippen molar-refractivity contribution in [3.63, 3.8) is 0 Å². The largest absolute Gasteiger partial charge is 1.00 e. The molecule has 1 aliphatic rings. The number of hydrogen-bond donors (Lipinski definition) is 2. The number of ketones is 1. The van der Waals surface area contributed by atoms with Gasteiger partial charge in [-0.15, -0.1) is 0 Å². The standard InChI is InChI=1S/C32H59O9P.2Na/c1-2-3-14-19-27(33)22-23-29-28(30(34)26-31(29)35)20-15-10-11-16-21-32(36)40-24-17-12-8-6-4-5-7-9-13-18-25-41-42(37,38)39;;/h22-23,27-29,31,33,35H,2-21,24-26H2,1H3,(H2,37,38,39);;/q;2*+1/p-2/b23-22+;;/t27-,28+,29+,31+;;/m0../s1. The zero-order valence-electron chi connectivity index (χ0n) is 27.9. The van der Waals surface area contributed by atoms with Crippen molar-refractivity contribution in [3.05, 3.63) is 12.2 Å². The Morgan fingerprint density at radius 3 is 2.02 bits per heavy atom. The molecule has 9 nitrogen and oxygen atoms in total. The SMILES string of the molecule is CCCCC[C@H](O)/C=C/[C@H]1[C@H](O)CC(=O)[C@@H]1CCCCCCC(=O)OCCCCCCCCCCCCOP(=O)([O-])[O-].[Na+].[Na+]. The van der Waals surface area contributed by atoms with Gasteiger partial charge in [-0.25, -0.2) is 0 Å². The Hall–Kier alpha value is 0.910. The maximum absolute atomic E-state index is 12.4. The van der Waals surface area contributed by atoms with Crippen molar-refractivity contribution in [1.29, 1.82) is 0 Å². The maximum atomic E-state index is 12.4.